The van der Waals surface area contributed by atoms with E-state index in [1.165, 1.54) is 6.07 Å². The maximum atomic E-state index is 9.61. The van der Waals surface area contributed by atoms with Crippen LogP contribution in [0, 0.1) is 0 Å². The Bertz CT molecular complexity index is 326. The lowest BCUT2D eigenvalue weighted by Crippen LogP contribution is -2.11. The second-order valence-corrected chi connectivity index (χ2v) is 4.85. The monoisotopic (exact) mass is 218 g/mol. The Balaban J connectivity index is 3.32. The molecule has 0 radical (unpaired) electrons. The molecule has 3 heteroatoms. The van der Waals surface area contributed by atoms with Crippen molar-refractivity contribution in [3.63, 3.8) is 0 Å². The number of hydrogen-bond acceptors (Lipinski definition) is 1. The van der Waals surface area contributed by atoms with Crippen LogP contribution in [0.2, 0.25) is 10.0 Å². The molecule has 0 bridgehead atoms. The molecule has 0 atom stereocenters. The highest BCUT2D eigenvalue weighted by Crippen LogP contribution is 2.36. The van der Waals surface area contributed by atoms with Gasteiger partial charge < -0.3 is 5.11 Å². The molecule has 1 aromatic carbocycles. The van der Waals surface area contributed by atoms with Gasteiger partial charge in [-0.3, -0.25) is 0 Å². The summed E-state index contributed by atoms with van der Waals surface area (Å²) >= 11 is 11.6. The van der Waals surface area contributed by atoms with Crippen molar-refractivity contribution >= 4 is 23.2 Å². The van der Waals surface area contributed by atoms with Crippen molar-refractivity contribution < 1.29 is 5.11 Å². The summed E-state index contributed by atoms with van der Waals surface area (Å²) in [6.45, 7) is 6.02. The summed E-state index contributed by atoms with van der Waals surface area (Å²) in [6.07, 6.45) is 0. The van der Waals surface area contributed by atoms with E-state index in [9.17, 15) is 5.11 Å². The van der Waals surface area contributed by atoms with E-state index in [1.54, 1.807) is 6.07 Å². The summed E-state index contributed by atoms with van der Waals surface area (Å²) in [5.41, 5.74) is 0.681. The Morgan fingerprint density at radius 2 is 1.54 bits per heavy atom. The second-order valence-electron chi connectivity index (χ2n) is 4.03. The topological polar surface area (TPSA) is 20.2 Å². The van der Waals surface area contributed by atoms with Gasteiger partial charge >= 0.3 is 0 Å². The fraction of sp³-hybridized carbons (Fsp3) is 0.400. The van der Waals surface area contributed by atoms with E-state index in [2.05, 4.69) is 0 Å². The van der Waals surface area contributed by atoms with Crippen LogP contribution in [0.15, 0.2) is 12.1 Å². The van der Waals surface area contributed by atoms with Crippen LogP contribution in [0.25, 0.3) is 0 Å². The van der Waals surface area contributed by atoms with Gasteiger partial charge in [0.2, 0.25) is 0 Å². The van der Waals surface area contributed by atoms with Crippen LogP contribution in [-0.4, -0.2) is 5.11 Å². The Kier molecular flexibility index (Phi) is 2.79. The summed E-state index contributed by atoms with van der Waals surface area (Å²) in [4.78, 5) is 0. The fourth-order valence-corrected chi connectivity index (χ4v) is 1.46. The van der Waals surface area contributed by atoms with Gasteiger partial charge in [-0.25, -0.2) is 0 Å². The molecule has 1 rings (SSSR count). The quantitative estimate of drug-likeness (QED) is 0.699. The average molecular weight is 219 g/mol. The van der Waals surface area contributed by atoms with Crippen LogP contribution in [0.1, 0.15) is 26.3 Å². The van der Waals surface area contributed by atoms with E-state index in [4.69, 9.17) is 23.2 Å². The van der Waals surface area contributed by atoms with Gasteiger partial charge in [-0.15, -0.1) is 0 Å². The third-order valence-corrected chi connectivity index (χ3v) is 2.57. The van der Waals surface area contributed by atoms with Crippen molar-refractivity contribution in [3.05, 3.63) is 27.7 Å². The molecule has 0 saturated carbocycles. The van der Waals surface area contributed by atoms with E-state index in [0.29, 0.717) is 10.0 Å². The number of hydrogen-bond donors (Lipinski definition) is 1. The van der Waals surface area contributed by atoms with E-state index in [-0.39, 0.29) is 11.2 Å². The highest BCUT2D eigenvalue weighted by Gasteiger charge is 2.19. The molecule has 1 aromatic rings. The van der Waals surface area contributed by atoms with Gasteiger partial charge in [0.1, 0.15) is 5.75 Å². The van der Waals surface area contributed by atoms with Crippen LogP contribution >= 0.6 is 23.2 Å². The van der Waals surface area contributed by atoms with Gasteiger partial charge in [0.25, 0.3) is 0 Å². The smallest absolute Gasteiger partial charge is 0.120 e. The summed E-state index contributed by atoms with van der Waals surface area (Å²) in [5, 5.41) is 10.5. The van der Waals surface area contributed by atoms with E-state index >= 15 is 0 Å². The molecule has 0 heterocycles. The number of aromatic hydroxyl groups is 1. The van der Waals surface area contributed by atoms with Gasteiger partial charge in [-0.2, -0.15) is 0 Å². The van der Waals surface area contributed by atoms with Crippen molar-refractivity contribution in [1.82, 2.24) is 0 Å². The molecule has 0 aliphatic rings. The van der Waals surface area contributed by atoms with E-state index in [1.807, 2.05) is 20.8 Å². The molecule has 0 spiro atoms. The maximum absolute atomic E-state index is 9.61. The largest absolute Gasteiger partial charge is 0.508 e. The van der Waals surface area contributed by atoms with E-state index < -0.39 is 0 Å². The molecule has 0 aliphatic heterocycles. The third-order valence-electron chi connectivity index (χ3n) is 1.85. The van der Waals surface area contributed by atoms with Crippen molar-refractivity contribution in [2.45, 2.75) is 26.2 Å². The van der Waals surface area contributed by atoms with Crippen molar-refractivity contribution in [1.29, 1.82) is 0 Å². The molecule has 1 nitrogen and oxygen atoms in total. The normalized spacial score (nSPS) is 11.8. The van der Waals surface area contributed by atoms with Crippen molar-refractivity contribution in [3.8, 4) is 5.75 Å². The number of rotatable bonds is 0. The lowest BCUT2D eigenvalue weighted by atomic mass is 9.86. The minimum atomic E-state index is -0.127. The standard InChI is InChI=1S/C10H12Cl2O/c1-10(2,3)6-4-7(11)8(12)5-9(6)13/h4-5,13H,1-3H3. The number of benzene rings is 1. The first-order chi connectivity index (χ1) is 5.82. The maximum Gasteiger partial charge on any atom is 0.120 e. The van der Waals surface area contributed by atoms with E-state index in [0.717, 1.165) is 5.56 Å². The molecule has 72 valence electrons. The van der Waals surface area contributed by atoms with Crippen LogP contribution in [0.4, 0.5) is 0 Å². The Hall–Kier alpha value is -0.400. The van der Waals surface area contributed by atoms with Crippen LogP contribution in [0.3, 0.4) is 0 Å². The van der Waals surface area contributed by atoms with Gasteiger partial charge in [0.05, 0.1) is 10.0 Å². The third kappa shape index (κ3) is 2.29. The van der Waals surface area contributed by atoms with Gasteiger partial charge in [-0.1, -0.05) is 44.0 Å². The van der Waals surface area contributed by atoms with Crippen molar-refractivity contribution in [2.75, 3.05) is 0 Å². The average Bonchev–Trinajstić information content (AvgIpc) is 1.94. The Morgan fingerprint density at radius 1 is 1.08 bits per heavy atom. The zero-order chi connectivity index (χ0) is 10.2. The molecule has 13 heavy (non-hydrogen) atoms. The van der Waals surface area contributed by atoms with Gasteiger partial charge in [0.15, 0.2) is 0 Å². The summed E-state index contributed by atoms with van der Waals surface area (Å²) in [6, 6.07) is 3.18. The zero-order valence-corrected chi connectivity index (χ0v) is 9.37. The lowest BCUT2D eigenvalue weighted by molar-refractivity contribution is 0.447. The molecule has 0 aliphatic carbocycles. The lowest BCUT2D eigenvalue weighted by Gasteiger charge is -2.20. The number of phenolic OH excluding ortho intramolecular Hbond substituents is 1. The van der Waals surface area contributed by atoms with Gasteiger partial charge in [-0.05, 0) is 11.5 Å². The van der Waals surface area contributed by atoms with Crippen molar-refractivity contribution in [2.24, 2.45) is 0 Å². The Morgan fingerprint density at radius 3 is 2.00 bits per heavy atom. The first-order valence-corrected chi connectivity index (χ1v) is 4.76. The molecular weight excluding hydrogens is 207 g/mol. The molecule has 1 N–H and O–H groups in total. The molecule has 0 fully saturated rings. The van der Waals surface area contributed by atoms with Crippen LogP contribution < -0.4 is 0 Å². The molecule has 0 aromatic heterocycles. The molecule has 0 unspecified atom stereocenters. The summed E-state index contributed by atoms with van der Waals surface area (Å²) < 4.78 is 0. The van der Waals surface area contributed by atoms with Gasteiger partial charge in [0, 0.05) is 11.6 Å². The highest BCUT2D eigenvalue weighted by molar-refractivity contribution is 6.42. The zero-order valence-electron chi connectivity index (χ0n) is 7.86. The highest BCUT2D eigenvalue weighted by atomic mass is 35.5. The summed E-state index contributed by atoms with van der Waals surface area (Å²) in [7, 11) is 0. The molecule has 0 amide bonds. The SMILES string of the molecule is CC(C)(C)c1cc(Cl)c(Cl)cc1O. The second kappa shape index (κ2) is 3.39. The number of phenols is 1. The first-order valence-electron chi connectivity index (χ1n) is 4.01. The molecule has 0 saturated heterocycles. The fourth-order valence-electron chi connectivity index (χ4n) is 1.14. The number of halogens is 2. The predicted molar refractivity (Wildman–Crippen MR) is 56.8 cm³/mol. The molecular formula is C10H12Cl2O. The predicted octanol–water partition coefficient (Wildman–Crippen LogP) is 4.00. The van der Waals surface area contributed by atoms with Crippen LogP contribution in [-0.2, 0) is 5.41 Å². The minimum absolute atomic E-state index is 0.127. The summed E-state index contributed by atoms with van der Waals surface area (Å²) in [5.74, 6) is 0.196. The first kappa shape index (κ1) is 10.7. The minimum Gasteiger partial charge on any atom is -0.508 e. The van der Waals surface area contributed by atoms with Crippen LogP contribution in [0.5, 0.6) is 5.75 Å². The Labute approximate surface area is 88.3 Å².